The van der Waals surface area contributed by atoms with Crippen LogP contribution in [0.3, 0.4) is 0 Å². The van der Waals surface area contributed by atoms with E-state index in [1.165, 1.54) is 0 Å². The Morgan fingerprint density at radius 2 is 2.00 bits per heavy atom. The molecular formula is C13H23N3. The number of anilines is 2. The summed E-state index contributed by atoms with van der Waals surface area (Å²) in [7, 11) is 2.07. The fourth-order valence-corrected chi connectivity index (χ4v) is 1.79. The first-order valence-electron chi connectivity index (χ1n) is 5.86. The van der Waals surface area contributed by atoms with E-state index in [4.69, 9.17) is 5.73 Å². The SMILES string of the molecule is Cc1cnc(N(C)C(C)CC(C)C)cc1N. The van der Waals surface area contributed by atoms with Gasteiger partial charge >= 0.3 is 0 Å². The molecule has 3 nitrogen and oxygen atoms in total. The summed E-state index contributed by atoms with van der Waals surface area (Å²) in [6.07, 6.45) is 3.00. The molecule has 1 atom stereocenters. The van der Waals surface area contributed by atoms with Gasteiger partial charge in [-0.2, -0.15) is 0 Å². The second kappa shape index (κ2) is 5.19. The van der Waals surface area contributed by atoms with Gasteiger partial charge in [0, 0.05) is 31.0 Å². The molecule has 0 aliphatic heterocycles. The Bertz CT molecular complexity index is 347. The van der Waals surface area contributed by atoms with E-state index in [1.807, 2.05) is 19.2 Å². The highest BCUT2D eigenvalue weighted by Gasteiger charge is 2.13. The average molecular weight is 221 g/mol. The minimum atomic E-state index is 0.481. The van der Waals surface area contributed by atoms with E-state index in [0.29, 0.717) is 12.0 Å². The molecule has 2 N–H and O–H groups in total. The molecule has 0 aliphatic rings. The van der Waals surface area contributed by atoms with E-state index >= 15 is 0 Å². The predicted molar refractivity (Wildman–Crippen MR) is 70.7 cm³/mol. The van der Waals surface area contributed by atoms with Gasteiger partial charge in [-0.25, -0.2) is 4.98 Å². The zero-order valence-electron chi connectivity index (χ0n) is 11.0. The van der Waals surface area contributed by atoms with Gasteiger partial charge in [0.1, 0.15) is 5.82 Å². The van der Waals surface area contributed by atoms with Gasteiger partial charge in [0.2, 0.25) is 0 Å². The van der Waals surface area contributed by atoms with Gasteiger partial charge in [0.15, 0.2) is 0 Å². The van der Waals surface area contributed by atoms with Gasteiger partial charge in [-0.05, 0) is 31.7 Å². The van der Waals surface area contributed by atoms with Crippen LogP contribution in [0, 0.1) is 12.8 Å². The normalized spacial score (nSPS) is 12.9. The monoisotopic (exact) mass is 221 g/mol. The molecule has 0 fully saturated rings. The number of aryl methyl sites for hydroxylation is 1. The van der Waals surface area contributed by atoms with Crippen molar-refractivity contribution in [3.05, 3.63) is 17.8 Å². The number of nitrogens with zero attached hydrogens (tertiary/aromatic N) is 2. The van der Waals surface area contributed by atoms with Crippen LogP contribution in [0.25, 0.3) is 0 Å². The average Bonchev–Trinajstić information content (AvgIpc) is 2.20. The number of rotatable bonds is 4. The molecule has 0 aliphatic carbocycles. The molecule has 1 rings (SSSR count). The first-order chi connectivity index (χ1) is 7.41. The van der Waals surface area contributed by atoms with Crippen LogP contribution in [0.4, 0.5) is 11.5 Å². The van der Waals surface area contributed by atoms with Crippen LogP contribution in [0.1, 0.15) is 32.8 Å². The molecule has 90 valence electrons. The summed E-state index contributed by atoms with van der Waals surface area (Å²) in [5.41, 5.74) is 7.74. The smallest absolute Gasteiger partial charge is 0.130 e. The van der Waals surface area contributed by atoms with E-state index in [9.17, 15) is 0 Å². The van der Waals surface area contributed by atoms with E-state index < -0.39 is 0 Å². The maximum absolute atomic E-state index is 5.89. The largest absolute Gasteiger partial charge is 0.398 e. The lowest BCUT2D eigenvalue weighted by Crippen LogP contribution is -2.30. The molecule has 16 heavy (non-hydrogen) atoms. The van der Waals surface area contributed by atoms with Crippen LogP contribution in [-0.2, 0) is 0 Å². The number of hydrogen-bond acceptors (Lipinski definition) is 3. The summed E-state index contributed by atoms with van der Waals surface area (Å²) in [6.45, 7) is 8.67. The third kappa shape index (κ3) is 3.12. The molecule has 0 amide bonds. The zero-order chi connectivity index (χ0) is 12.3. The third-order valence-corrected chi connectivity index (χ3v) is 2.97. The summed E-state index contributed by atoms with van der Waals surface area (Å²) in [5, 5.41) is 0. The summed E-state index contributed by atoms with van der Waals surface area (Å²) in [5.74, 6) is 1.65. The fraction of sp³-hybridized carbons (Fsp3) is 0.615. The summed E-state index contributed by atoms with van der Waals surface area (Å²) >= 11 is 0. The first kappa shape index (κ1) is 12.8. The van der Waals surface area contributed by atoms with Gasteiger partial charge in [0.25, 0.3) is 0 Å². The van der Waals surface area contributed by atoms with Crippen molar-refractivity contribution in [1.29, 1.82) is 0 Å². The molecule has 0 saturated heterocycles. The molecule has 0 radical (unpaired) electrons. The van der Waals surface area contributed by atoms with Gasteiger partial charge in [-0.3, -0.25) is 0 Å². The van der Waals surface area contributed by atoms with Crippen molar-refractivity contribution in [3.8, 4) is 0 Å². The Morgan fingerprint density at radius 3 is 2.50 bits per heavy atom. The molecule has 1 heterocycles. The summed E-state index contributed by atoms with van der Waals surface area (Å²) in [4.78, 5) is 6.60. The molecule has 0 bridgehead atoms. The van der Waals surface area contributed by atoms with Crippen molar-refractivity contribution in [2.24, 2.45) is 5.92 Å². The van der Waals surface area contributed by atoms with Gasteiger partial charge in [0.05, 0.1) is 0 Å². The summed E-state index contributed by atoms with van der Waals surface area (Å²) in [6, 6.07) is 2.43. The molecule has 1 aromatic rings. The Hall–Kier alpha value is -1.25. The van der Waals surface area contributed by atoms with E-state index in [0.717, 1.165) is 23.5 Å². The molecule has 1 aromatic heterocycles. The molecule has 0 aromatic carbocycles. The predicted octanol–water partition coefficient (Wildman–Crippen LogP) is 2.84. The molecule has 3 heteroatoms. The zero-order valence-corrected chi connectivity index (χ0v) is 11.0. The first-order valence-corrected chi connectivity index (χ1v) is 5.86. The van der Waals surface area contributed by atoms with Gasteiger partial charge in [-0.15, -0.1) is 0 Å². The van der Waals surface area contributed by atoms with Crippen LogP contribution in [-0.4, -0.2) is 18.1 Å². The second-order valence-electron chi connectivity index (χ2n) is 4.99. The van der Waals surface area contributed by atoms with Crippen molar-refractivity contribution in [2.75, 3.05) is 17.7 Å². The van der Waals surface area contributed by atoms with E-state index in [-0.39, 0.29) is 0 Å². The fourth-order valence-electron chi connectivity index (χ4n) is 1.79. The third-order valence-electron chi connectivity index (χ3n) is 2.97. The Kier molecular flexibility index (Phi) is 4.16. The second-order valence-corrected chi connectivity index (χ2v) is 4.99. The number of aromatic nitrogens is 1. The van der Waals surface area contributed by atoms with Crippen molar-refractivity contribution < 1.29 is 0 Å². The maximum atomic E-state index is 5.89. The molecule has 0 saturated carbocycles. The van der Waals surface area contributed by atoms with Crippen LogP contribution >= 0.6 is 0 Å². The van der Waals surface area contributed by atoms with E-state index in [2.05, 4.69) is 37.7 Å². The van der Waals surface area contributed by atoms with Crippen LogP contribution < -0.4 is 10.6 Å². The number of pyridine rings is 1. The number of hydrogen-bond donors (Lipinski definition) is 1. The Morgan fingerprint density at radius 1 is 1.38 bits per heavy atom. The van der Waals surface area contributed by atoms with Crippen LogP contribution in [0.2, 0.25) is 0 Å². The van der Waals surface area contributed by atoms with Crippen molar-refractivity contribution in [3.63, 3.8) is 0 Å². The Labute approximate surface area is 98.7 Å². The van der Waals surface area contributed by atoms with Crippen molar-refractivity contribution >= 4 is 11.5 Å². The van der Waals surface area contributed by atoms with Crippen LogP contribution in [0.5, 0.6) is 0 Å². The minimum absolute atomic E-state index is 0.481. The lowest BCUT2D eigenvalue weighted by atomic mass is 10.0. The quantitative estimate of drug-likeness (QED) is 0.850. The van der Waals surface area contributed by atoms with E-state index in [1.54, 1.807) is 0 Å². The van der Waals surface area contributed by atoms with Crippen molar-refractivity contribution in [2.45, 2.75) is 40.2 Å². The van der Waals surface area contributed by atoms with Gasteiger partial charge < -0.3 is 10.6 Å². The highest BCUT2D eigenvalue weighted by Crippen LogP contribution is 2.20. The Balaban J connectivity index is 2.79. The van der Waals surface area contributed by atoms with Crippen molar-refractivity contribution in [1.82, 2.24) is 4.98 Å². The summed E-state index contributed by atoms with van der Waals surface area (Å²) < 4.78 is 0. The highest BCUT2D eigenvalue weighted by atomic mass is 15.2. The number of nitrogens with two attached hydrogens (primary N) is 1. The topological polar surface area (TPSA) is 42.2 Å². The highest BCUT2D eigenvalue weighted by molar-refractivity contribution is 5.54. The van der Waals surface area contributed by atoms with Gasteiger partial charge in [-0.1, -0.05) is 13.8 Å². The maximum Gasteiger partial charge on any atom is 0.130 e. The molecular weight excluding hydrogens is 198 g/mol. The van der Waals surface area contributed by atoms with Crippen LogP contribution in [0.15, 0.2) is 12.3 Å². The lowest BCUT2D eigenvalue weighted by Gasteiger charge is -2.27. The molecule has 0 spiro atoms. The lowest BCUT2D eigenvalue weighted by molar-refractivity contribution is 0.502. The minimum Gasteiger partial charge on any atom is -0.398 e. The standard InChI is InChI=1S/C13H23N3/c1-9(2)6-11(4)16(5)13-7-12(14)10(3)8-15-13/h7-9,11H,6H2,1-5H3,(H2,14,15). The molecule has 1 unspecified atom stereocenters. The number of nitrogen functional groups attached to an aromatic ring is 1.